The van der Waals surface area contributed by atoms with Gasteiger partial charge in [0, 0.05) is 18.7 Å². The van der Waals surface area contributed by atoms with E-state index in [1.807, 2.05) is 6.92 Å². The molecule has 6 nitrogen and oxygen atoms in total. The summed E-state index contributed by atoms with van der Waals surface area (Å²) in [7, 11) is 1.47. The number of aliphatic hydroxyl groups is 1. The third kappa shape index (κ3) is 3.97. The third-order valence-corrected chi connectivity index (χ3v) is 2.71. The van der Waals surface area contributed by atoms with Crippen molar-refractivity contribution in [1.82, 2.24) is 5.32 Å². The number of benzene rings is 1. The monoisotopic (exact) mass is 254 g/mol. The number of nitro benzene ring substituents is 1. The van der Waals surface area contributed by atoms with Gasteiger partial charge in [0.25, 0.3) is 5.69 Å². The van der Waals surface area contributed by atoms with Crippen LogP contribution in [0.15, 0.2) is 18.2 Å². The highest BCUT2D eigenvalue weighted by molar-refractivity contribution is 5.42. The zero-order chi connectivity index (χ0) is 13.5. The van der Waals surface area contributed by atoms with Crippen LogP contribution in [0.3, 0.4) is 0 Å². The van der Waals surface area contributed by atoms with E-state index in [0.29, 0.717) is 12.3 Å². The van der Waals surface area contributed by atoms with Gasteiger partial charge in [-0.05, 0) is 18.1 Å². The number of aliphatic hydroxyl groups excluding tert-OH is 1. The van der Waals surface area contributed by atoms with Crippen molar-refractivity contribution in [3.05, 3.63) is 33.9 Å². The van der Waals surface area contributed by atoms with Gasteiger partial charge in [-0.15, -0.1) is 0 Å². The zero-order valence-electron chi connectivity index (χ0n) is 10.5. The van der Waals surface area contributed by atoms with Crippen molar-refractivity contribution in [3.8, 4) is 5.75 Å². The number of non-ortho nitro benzene ring substituents is 1. The lowest BCUT2D eigenvalue weighted by molar-refractivity contribution is -0.385. The van der Waals surface area contributed by atoms with E-state index in [-0.39, 0.29) is 18.3 Å². The van der Waals surface area contributed by atoms with Gasteiger partial charge >= 0.3 is 0 Å². The molecule has 1 aromatic carbocycles. The molecule has 0 aliphatic rings. The largest absolute Gasteiger partial charge is 0.496 e. The van der Waals surface area contributed by atoms with Gasteiger partial charge in [0.15, 0.2) is 0 Å². The van der Waals surface area contributed by atoms with Crippen LogP contribution in [0.1, 0.15) is 18.9 Å². The summed E-state index contributed by atoms with van der Waals surface area (Å²) in [5.74, 6) is 0.457. The van der Waals surface area contributed by atoms with Gasteiger partial charge in [-0.1, -0.05) is 6.92 Å². The average molecular weight is 254 g/mol. The summed E-state index contributed by atoms with van der Waals surface area (Å²) in [6.07, 6.45) is 0.794. The van der Waals surface area contributed by atoms with E-state index in [2.05, 4.69) is 5.32 Å². The number of hydrogen-bond acceptors (Lipinski definition) is 5. The summed E-state index contributed by atoms with van der Waals surface area (Å²) >= 11 is 0. The predicted molar refractivity (Wildman–Crippen MR) is 67.7 cm³/mol. The zero-order valence-corrected chi connectivity index (χ0v) is 10.5. The highest BCUT2D eigenvalue weighted by Gasteiger charge is 2.11. The van der Waals surface area contributed by atoms with Crippen molar-refractivity contribution in [2.75, 3.05) is 13.7 Å². The first-order valence-corrected chi connectivity index (χ1v) is 5.77. The third-order valence-electron chi connectivity index (χ3n) is 2.71. The Morgan fingerprint density at radius 1 is 1.50 bits per heavy atom. The van der Waals surface area contributed by atoms with E-state index in [9.17, 15) is 10.1 Å². The van der Waals surface area contributed by atoms with Crippen LogP contribution >= 0.6 is 0 Å². The molecule has 0 spiro atoms. The van der Waals surface area contributed by atoms with Crippen molar-refractivity contribution in [2.45, 2.75) is 25.9 Å². The van der Waals surface area contributed by atoms with Crippen molar-refractivity contribution in [2.24, 2.45) is 0 Å². The lowest BCUT2D eigenvalue weighted by Crippen LogP contribution is -2.31. The first-order valence-electron chi connectivity index (χ1n) is 5.77. The fraction of sp³-hybridized carbons (Fsp3) is 0.500. The van der Waals surface area contributed by atoms with Gasteiger partial charge in [-0.25, -0.2) is 0 Å². The summed E-state index contributed by atoms with van der Waals surface area (Å²) in [5, 5.41) is 22.9. The second kappa shape index (κ2) is 6.93. The highest BCUT2D eigenvalue weighted by atomic mass is 16.6. The van der Waals surface area contributed by atoms with Gasteiger partial charge in [0.2, 0.25) is 0 Å². The van der Waals surface area contributed by atoms with E-state index in [1.54, 1.807) is 6.07 Å². The van der Waals surface area contributed by atoms with Crippen LogP contribution in [-0.4, -0.2) is 29.8 Å². The first kappa shape index (κ1) is 14.4. The minimum atomic E-state index is -0.449. The molecular formula is C12H18N2O4. The molecule has 0 saturated heterocycles. The Hall–Kier alpha value is -1.66. The minimum Gasteiger partial charge on any atom is -0.496 e. The molecule has 0 aliphatic heterocycles. The second-order valence-corrected chi connectivity index (χ2v) is 3.97. The number of nitrogens with one attached hydrogen (secondary N) is 1. The van der Waals surface area contributed by atoms with E-state index < -0.39 is 4.92 Å². The van der Waals surface area contributed by atoms with Crippen LogP contribution < -0.4 is 10.1 Å². The molecule has 1 aromatic rings. The average Bonchev–Trinajstić information content (AvgIpc) is 2.39. The standard InChI is InChI=1S/C12H18N2O4/c1-3-10(8-15)13-7-9-4-11(14(16)17)6-12(5-9)18-2/h4-6,10,13,15H,3,7-8H2,1-2H3. The molecule has 2 N–H and O–H groups in total. The van der Waals surface area contributed by atoms with Gasteiger partial charge in [0.1, 0.15) is 5.75 Å². The van der Waals surface area contributed by atoms with Crippen LogP contribution in [0.5, 0.6) is 5.75 Å². The van der Waals surface area contributed by atoms with Crippen LogP contribution in [0.2, 0.25) is 0 Å². The maximum atomic E-state index is 10.8. The fourth-order valence-electron chi connectivity index (χ4n) is 1.57. The Bertz CT molecular complexity index is 405. The van der Waals surface area contributed by atoms with Crippen molar-refractivity contribution < 1.29 is 14.8 Å². The van der Waals surface area contributed by atoms with Crippen LogP contribution in [0.25, 0.3) is 0 Å². The molecular weight excluding hydrogens is 236 g/mol. The number of nitrogens with zero attached hydrogens (tertiary/aromatic N) is 1. The molecule has 6 heteroatoms. The Morgan fingerprint density at radius 2 is 2.22 bits per heavy atom. The van der Waals surface area contributed by atoms with E-state index >= 15 is 0 Å². The second-order valence-electron chi connectivity index (χ2n) is 3.97. The summed E-state index contributed by atoms with van der Waals surface area (Å²) in [5.41, 5.74) is 0.760. The lowest BCUT2D eigenvalue weighted by Gasteiger charge is -2.14. The SMILES string of the molecule is CCC(CO)NCc1cc(OC)cc([N+](=O)[O-])c1. The Kier molecular flexibility index (Phi) is 5.54. The number of hydrogen-bond donors (Lipinski definition) is 2. The molecule has 0 bridgehead atoms. The molecule has 1 atom stereocenters. The summed E-state index contributed by atoms with van der Waals surface area (Å²) in [6.45, 7) is 2.46. The van der Waals surface area contributed by atoms with E-state index in [0.717, 1.165) is 12.0 Å². The van der Waals surface area contributed by atoms with E-state index in [4.69, 9.17) is 9.84 Å². The van der Waals surface area contributed by atoms with Crippen LogP contribution in [0, 0.1) is 10.1 Å². The van der Waals surface area contributed by atoms with Crippen LogP contribution in [0.4, 0.5) is 5.69 Å². The Balaban J connectivity index is 2.81. The molecule has 1 unspecified atom stereocenters. The molecule has 0 heterocycles. The maximum absolute atomic E-state index is 10.8. The molecule has 0 aliphatic carbocycles. The number of ether oxygens (including phenoxy) is 1. The minimum absolute atomic E-state index is 0.00296. The molecule has 0 saturated carbocycles. The fourth-order valence-corrected chi connectivity index (χ4v) is 1.57. The smallest absolute Gasteiger partial charge is 0.273 e. The van der Waals surface area contributed by atoms with Crippen molar-refractivity contribution in [1.29, 1.82) is 0 Å². The number of rotatable bonds is 7. The normalized spacial score (nSPS) is 12.2. The van der Waals surface area contributed by atoms with Gasteiger partial charge in [-0.2, -0.15) is 0 Å². The topological polar surface area (TPSA) is 84.6 Å². The van der Waals surface area contributed by atoms with Crippen LogP contribution in [-0.2, 0) is 6.54 Å². The van der Waals surface area contributed by atoms with E-state index in [1.165, 1.54) is 19.2 Å². The first-order chi connectivity index (χ1) is 8.60. The molecule has 0 aromatic heterocycles. The Labute approximate surface area is 106 Å². The van der Waals surface area contributed by atoms with Gasteiger partial charge < -0.3 is 15.2 Å². The molecule has 0 radical (unpaired) electrons. The van der Waals surface area contributed by atoms with Crippen molar-refractivity contribution in [3.63, 3.8) is 0 Å². The molecule has 100 valence electrons. The number of methoxy groups -OCH3 is 1. The maximum Gasteiger partial charge on any atom is 0.273 e. The van der Waals surface area contributed by atoms with Gasteiger partial charge in [0.05, 0.1) is 24.7 Å². The summed E-state index contributed by atoms with van der Waals surface area (Å²) < 4.78 is 5.02. The highest BCUT2D eigenvalue weighted by Crippen LogP contribution is 2.22. The Morgan fingerprint density at radius 3 is 2.72 bits per heavy atom. The quantitative estimate of drug-likeness (QED) is 0.568. The number of nitro groups is 1. The summed E-state index contributed by atoms with van der Waals surface area (Å²) in [6, 6.07) is 4.62. The predicted octanol–water partition coefficient (Wildman–Crippen LogP) is 1.46. The summed E-state index contributed by atoms with van der Waals surface area (Å²) in [4.78, 5) is 10.3. The molecule has 18 heavy (non-hydrogen) atoms. The molecule has 0 amide bonds. The molecule has 0 fully saturated rings. The van der Waals surface area contributed by atoms with Crippen molar-refractivity contribution >= 4 is 5.69 Å². The lowest BCUT2D eigenvalue weighted by atomic mass is 10.1. The molecule has 1 rings (SSSR count). The van der Waals surface area contributed by atoms with Gasteiger partial charge in [-0.3, -0.25) is 10.1 Å².